The van der Waals surface area contributed by atoms with Gasteiger partial charge >= 0.3 is 5.97 Å². The molecule has 4 heteroatoms. The third kappa shape index (κ3) is 5.86. The van der Waals surface area contributed by atoms with E-state index in [1.165, 1.54) is 6.08 Å². The van der Waals surface area contributed by atoms with Crippen LogP contribution in [0, 0.1) is 12.8 Å². The smallest absolute Gasteiger partial charge is 0.328 e. The number of aliphatic carboxylic acids is 1. The Bertz CT molecular complexity index is 504. The third-order valence-corrected chi connectivity index (χ3v) is 2.40. The van der Waals surface area contributed by atoms with Crippen LogP contribution in [0.1, 0.15) is 31.4 Å². The summed E-state index contributed by atoms with van der Waals surface area (Å²) < 4.78 is 0. The Kier molecular flexibility index (Phi) is 5.30. The second kappa shape index (κ2) is 6.73. The van der Waals surface area contributed by atoms with Gasteiger partial charge in [-0.1, -0.05) is 19.9 Å². The Morgan fingerprint density at radius 1 is 1.32 bits per heavy atom. The maximum atomic E-state index is 11.7. The molecule has 19 heavy (non-hydrogen) atoms. The van der Waals surface area contributed by atoms with Crippen molar-refractivity contribution in [2.24, 2.45) is 5.92 Å². The lowest BCUT2D eigenvalue weighted by Crippen LogP contribution is -2.13. The van der Waals surface area contributed by atoms with E-state index in [1.807, 2.05) is 32.9 Å². The molecule has 0 aliphatic rings. The summed E-state index contributed by atoms with van der Waals surface area (Å²) in [6, 6.07) is 5.47. The Morgan fingerprint density at radius 2 is 2.00 bits per heavy atom. The molecule has 0 aliphatic heterocycles. The highest BCUT2D eigenvalue weighted by Crippen LogP contribution is 2.16. The van der Waals surface area contributed by atoms with Crippen molar-refractivity contribution >= 4 is 23.6 Å². The van der Waals surface area contributed by atoms with E-state index in [0.29, 0.717) is 18.0 Å². The van der Waals surface area contributed by atoms with E-state index in [9.17, 15) is 9.59 Å². The van der Waals surface area contributed by atoms with E-state index < -0.39 is 5.97 Å². The van der Waals surface area contributed by atoms with E-state index in [-0.39, 0.29) is 5.91 Å². The average Bonchev–Trinajstić information content (AvgIpc) is 2.24. The van der Waals surface area contributed by atoms with Gasteiger partial charge in [-0.2, -0.15) is 0 Å². The Balaban J connectivity index is 2.84. The molecular weight excluding hydrogens is 242 g/mol. The minimum Gasteiger partial charge on any atom is -0.478 e. The molecule has 4 nitrogen and oxygen atoms in total. The van der Waals surface area contributed by atoms with E-state index >= 15 is 0 Å². The van der Waals surface area contributed by atoms with Gasteiger partial charge in [0.25, 0.3) is 0 Å². The molecule has 1 aromatic carbocycles. The van der Waals surface area contributed by atoms with Crippen molar-refractivity contribution in [1.29, 1.82) is 0 Å². The fraction of sp³-hybridized carbons (Fsp3) is 0.333. The standard InChI is InChI=1S/C15H19NO3/c1-10(2)6-14(17)16-13-8-11(3)7-12(9-13)4-5-15(18)19/h4-5,7-10H,6H2,1-3H3,(H,16,17)(H,18,19)/b5-4+. The minimum absolute atomic E-state index is 0.0336. The Labute approximate surface area is 113 Å². The summed E-state index contributed by atoms with van der Waals surface area (Å²) in [7, 11) is 0. The molecule has 0 unspecified atom stereocenters. The van der Waals surface area contributed by atoms with Crippen molar-refractivity contribution in [3.05, 3.63) is 35.4 Å². The van der Waals surface area contributed by atoms with Crippen molar-refractivity contribution in [3.8, 4) is 0 Å². The first kappa shape index (κ1) is 15.0. The second-order valence-electron chi connectivity index (χ2n) is 4.95. The van der Waals surface area contributed by atoms with Crippen molar-refractivity contribution in [2.45, 2.75) is 27.2 Å². The lowest BCUT2D eigenvalue weighted by atomic mass is 10.1. The lowest BCUT2D eigenvalue weighted by molar-refractivity contribution is -0.131. The fourth-order valence-electron chi connectivity index (χ4n) is 1.73. The Morgan fingerprint density at radius 3 is 2.58 bits per heavy atom. The number of nitrogens with one attached hydrogen (secondary N) is 1. The zero-order valence-corrected chi connectivity index (χ0v) is 11.4. The highest BCUT2D eigenvalue weighted by atomic mass is 16.4. The summed E-state index contributed by atoms with van der Waals surface area (Å²) in [5, 5.41) is 11.4. The van der Waals surface area contributed by atoms with Gasteiger partial charge in [0.15, 0.2) is 0 Å². The molecule has 0 atom stereocenters. The topological polar surface area (TPSA) is 66.4 Å². The summed E-state index contributed by atoms with van der Waals surface area (Å²) in [4.78, 5) is 22.2. The summed E-state index contributed by atoms with van der Waals surface area (Å²) in [6.45, 7) is 5.86. The molecule has 0 radical (unpaired) electrons. The molecule has 0 spiro atoms. The molecule has 0 heterocycles. The molecule has 1 rings (SSSR count). The highest BCUT2D eigenvalue weighted by Gasteiger charge is 2.06. The monoisotopic (exact) mass is 261 g/mol. The van der Waals surface area contributed by atoms with Gasteiger partial charge in [0.2, 0.25) is 5.91 Å². The van der Waals surface area contributed by atoms with E-state index in [1.54, 1.807) is 6.07 Å². The SMILES string of the molecule is Cc1cc(/C=C/C(=O)O)cc(NC(=O)CC(C)C)c1. The summed E-state index contributed by atoms with van der Waals surface area (Å²) in [5.41, 5.74) is 2.41. The van der Waals surface area contributed by atoms with E-state index in [2.05, 4.69) is 5.32 Å². The zero-order valence-electron chi connectivity index (χ0n) is 11.4. The van der Waals surface area contributed by atoms with Crippen LogP contribution in [0.5, 0.6) is 0 Å². The number of rotatable bonds is 5. The molecular formula is C15H19NO3. The number of aryl methyl sites for hydroxylation is 1. The van der Waals surface area contributed by atoms with Crippen LogP contribution in [-0.2, 0) is 9.59 Å². The predicted octanol–water partition coefficient (Wildman–Crippen LogP) is 3.08. The molecule has 0 fully saturated rings. The number of carbonyl (C=O) groups is 2. The number of carboxylic acids is 1. The van der Waals surface area contributed by atoms with Crippen molar-refractivity contribution in [3.63, 3.8) is 0 Å². The molecule has 0 aromatic heterocycles. The van der Waals surface area contributed by atoms with Gasteiger partial charge in [-0.25, -0.2) is 4.79 Å². The van der Waals surface area contributed by atoms with Gasteiger partial charge in [-0.15, -0.1) is 0 Å². The van der Waals surface area contributed by atoms with Crippen LogP contribution in [0.4, 0.5) is 5.69 Å². The molecule has 0 bridgehead atoms. The molecule has 0 saturated heterocycles. The van der Waals surface area contributed by atoms with Crippen LogP contribution in [0.3, 0.4) is 0 Å². The molecule has 2 N–H and O–H groups in total. The number of hydrogen-bond donors (Lipinski definition) is 2. The maximum absolute atomic E-state index is 11.7. The summed E-state index contributed by atoms with van der Waals surface area (Å²) in [6.07, 6.45) is 3.05. The summed E-state index contributed by atoms with van der Waals surface area (Å²) in [5.74, 6) is -0.725. The first-order valence-electron chi connectivity index (χ1n) is 6.19. The lowest BCUT2D eigenvalue weighted by Gasteiger charge is -2.09. The van der Waals surface area contributed by atoms with Crippen molar-refractivity contribution < 1.29 is 14.7 Å². The zero-order chi connectivity index (χ0) is 14.4. The number of benzene rings is 1. The van der Waals surface area contributed by atoms with Gasteiger partial charge in [0, 0.05) is 18.2 Å². The quantitative estimate of drug-likeness (QED) is 0.800. The molecule has 0 saturated carbocycles. The van der Waals surface area contributed by atoms with Gasteiger partial charge in [0.1, 0.15) is 0 Å². The minimum atomic E-state index is -0.994. The van der Waals surface area contributed by atoms with Gasteiger partial charge in [-0.05, 0) is 42.2 Å². The number of carboxylic acid groups (broad SMARTS) is 1. The molecule has 0 aliphatic carbocycles. The number of hydrogen-bond acceptors (Lipinski definition) is 2. The van der Waals surface area contributed by atoms with Crippen molar-refractivity contribution in [1.82, 2.24) is 0 Å². The largest absolute Gasteiger partial charge is 0.478 e. The highest BCUT2D eigenvalue weighted by molar-refractivity contribution is 5.91. The van der Waals surface area contributed by atoms with E-state index in [0.717, 1.165) is 17.2 Å². The normalized spacial score (nSPS) is 10.9. The fourth-order valence-corrected chi connectivity index (χ4v) is 1.73. The summed E-state index contributed by atoms with van der Waals surface area (Å²) >= 11 is 0. The number of amides is 1. The number of carbonyl (C=O) groups excluding carboxylic acids is 1. The average molecular weight is 261 g/mol. The number of anilines is 1. The second-order valence-corrected chi connectivity index (χ2v) is 4.95. The third-order valence-electron chi connectivity index (χ3n) is 2.40. The van der Waals surface area contributed by atoms with Gasteiger partial charge < -0.3 is 10.4 Å². The van der Waals surface area contributed by atoms with Crippen LogP contribution in [0.15, 0.2) is 24.3 Å². The van der Waals surface area contributed by atoms with Crippen molar-refractivity contribution in [2.75, 3.05) is 5.32 Å². The van der Waals surface area contributed by atoms with Crippen LogP contribution >= 0.6 is 0 Å². The van der Waals surface area contributed by atoms with Gasteiger partial charge in [0.05, 0.1) is 0 Å². The van der Waals surface area contributed by atoms with Crippen LogP contribution in [0.2, 0.25) is 0 Å². The molecule has 102 valence electrons. The first-order chi connectivity index (χ1) is 8.86. The van der Waals surface area contributed by atoms with E-state index in [4.69, 9.17) is 5.11 Å². The predicted molar refractivity (Wildman–Crippen MR) is 75.9 cm³/mol. The van der Waals surface area contributed by atoms with Gasteiger partial charge in [-0.3, -0.25) is 4.79 Å². The van der Waals surface area contributed by atoms with Crippen LogP contribution in [0.25, 0.3) is 6.08 Å². The van der Waals surface area contributed by atoms with Crippen LogP contribution < -0.4 is 5.32 Å². The molecule has 1 amide bonds. The maximum Gasteiger partial charge on any atom is 0.328 e. The molecule has 1 aromatic rings. The Hall–Kier alpha value is -2.10. The first-order valence-corrected chi connectivity index (χ1v) is 6.19. The van der Waals surface area contributed by atoms with Crippen LogP contribution in [-0.4, -0.2) is 17.0 Å².